The smallest absolute Gasteiger partial charge is 0.335 e. The van der Waals surface area contributed by atoms with Gasteiger partial charge in [0.15, 0.2) is 24.6 Å². The molecule has 12 heteroatoms. The largest absolute Gasteiger partial charge is 0.479 e. The van der Waals surface area contributed by atoms with Crippen LogP contribution in [0, 0.1) is 0 Å². The zero-order valence-electron chi connectivity index (χ0n) is 44.2. The van der Waals surface area contributed by atoms with Gasteiger partial charge in [0, 0.05) is 19.3 Å². The number of allylic oxidation sites excluding steroid dienone is 14. The summed E-state index contributed by atoms with van der Waals surface area (Å²) in [5.41, 5.74) is 0. The molecule has 0 aromatic rings. The molecule has 12 nitrogen and oxygen atoms in total. The molecule has 0 bridgehead atoms. The van der Waals surface area contributed by atoms with Crippen molar-refractivity contribution in [2.45, 2.75) is 250 Å². The molecular formula is C59H96O12. The standard InChI is InChI=1S/C59H96O12/c1-4-7-10-13-16-19-22-25-26-29-30-33-36-39-42-45-51(60)67-48-50(69-52(61)46-43-40-37-34-31-27-23-20-17-14-11-8-5-2)49-68-59-57(55(64)54(63)56(71-59)58(65)66)70-53(62)47-44-41-38-35-32-28-24-21-18-15-12-9-6-3/h7-8,10-11,16-17,19-20,25-27,31,37,40,50,54-57,59,63-64H,4-6,9,12-15,18,21-24,28-30,32-36,38-39,41-49H2,1-3H3,(H,65,66)/b10-7-,11-8-,19-16-,20-17-,26-25-,31-27-,40-37-. The van der Waals surface area contributed by atoms with E-state index in [1.807, 2.05) is 12.2 Å². The molecule has 0 radical (unpaired) electrons. The number of hydrogen-bond donors (Lipinski definition) is 3. The number of unbranched alkanes of at least 4 members (excludes halogenated alkanes) is 17. The van der Waals surface area contributed by atoms with Gasteiger partial charge in [-0.1, -0.05) is 202 Å². The van der Waals surface area contributed by atoms with Gasteiger partial charge in [-0.05, 0) is 77.0 Å². The maximum atomic E-state index is 13.1. The molecule has 1 saturated heterocycles. The number of ether oxygens (including phenoxy) is 5. The van der Waals surface area contributed by atoms with E-state index in [0.29, 0.717) is 25.7 Å². The molecule has 404 valence electrons. The third-order valence-electron chi connectivity index (χ3n) is 12.0. The molecule has 71 heavy (non-hydrogen) atoms. The number of esters is 3. The Labute approximate surface area is 429 Å². The lowest BCUT2D eigenvalue weighted by molar-refractivity contribution is -0.301. The average Bonchev–Trinajstić information content (AvgIpc) is 3.35. The van der Waals surface area contributed by atoms with E-state index in [-0.39, 0.29) is 25.9 Å². The number of carboxylic acid groups (broad SMARTS) is 1. The van der Waals surface area contributed by atoms with Crippen LogP contribution in [0.25, 0.3) is 0 Å². The Morgan fingerprint density at radius 3 is 1.41 bits per heavy atom. The van der Waals surface area contributed by atoms with Crippen LogP contribution in [-0.4, -0.2) is 89.2 Å². The van der Waals surface area contributed by atoms with Gasteiger partial charge in [-0.25, -0.2) is 4.79 Å². The van der Waals surface area contributed by atoms with Crippen molar-refractivity contribution >= 4 is 23.9 Å². The number of hydrogen-bond acceptors (Lipinski definition) is 11. The predicted octanol–water partition coefficient (Wildman–Crippen LogP) is 13.6. The highest BCUT2D eigenvalue weighted by Gasteiger charge is 2.50. The average molecular weight is 997 g/mol. The minimum atomic E-state index is -1.91. The number of carboxylic acids is 1. The summed E-state index contributed by atoms with van der Waals surface area (Å²) in [6, 6.07) is 0. The van der Waals surface area contributed by atoms with E-state index in [4.69, 9.17) is 23.7 Å². The minimum Gasteiger partial charge on any atom is -0.479 e. The van der Waals surface area contributed by atoms with Crippen molar-refractivity contribution in [3.05, 3.63) is 85.1 Å². The van der Waals surface area contributed by atoms with Gasteiger partial charge in [0.2, 0.25) is 0 Å². The van der Waals surface area contributed by atoms with Crippen LogP contribution in [0.1, 0.15) is 213 Å². The third kappa shape index (κ3) is 37.3. The number of aliphatic hydroxyl groups is 2. The monoisotopic (exact) mass is 997 g/mol. The van der Waals surface area contributed by atoms with Gasteiger partial charge < -0.3 is 39.0 Å². The van der Waals surface area contributed by atoms with E-state index in [9.17, 15) is 34.5 Å². The summed E-state index contributed by atoms with van der Waals surface area (Å²) in [6.45, 7) is 5.66. The molecule has 1 aliphatic heterocycles. The van der Waals surface area contributed by atoms with Crippen molar-refractivity contribution in [2.24, 2.45) is 0 Å². The summed E-state index contributed by atoms with van der Waals surface area (Å²) in [5, 5.41) is 31.4. The Bertz CT molecular complexity index is 1560. The number of carbonyl (C=O) groups is 4. The topological polar surface area (TPSA) is 175 Å². The van der Waals surface area contributed by atoms with Gasteiger partial charge in [-0.2, -0.15) is 0 Å². The second-order valence-electron chi connectivity index (χ2n) is 18.5. The van der Waals surface area contributed by atoms with E-state index in [1.165, 1.54) is 51.4 Å². The van der Waals surface area contributed by atoms with Gasteiger partial charge in [0.05, 0.1) is 6.61 Å². The quantitative estimate of drug-likeness (QED) is 0.0228. The number of aliphatic hydroxyl groups excluding tert-OH is 2. The first kappa shape index (κ1) is 64.9. The number of carbonyl (C=O) groups excluding carboxylic acids is 3. The highest BCUT2D eigenvalue weighted by atomic mass is 16.7. The molecule has 6 unspecified atom stereocenters. The fraction of sp³-hybridized carbons (Fsp3) is 0.695. The summed E-state index contributed by atoms with van der Waals surface area (Å²) >= 11 is 0. The van der Waals surface area contributed by atoms with Crippen LogP contribution in [0.5, 0.6) is 0 Å². The molecule has 0 aromatic carbocycles. The maximum Gasteiger partial charge on any atom is 0.335 e. The van der Waals surface area contributed by atoms with Gasteiger partial charge in [-0.3, -0.25) is 14.4 Å². The van der Waals surface area contributed by atoms with Crippen molar-refractivity contribution in [1.29, 1.82) is 0 Å². The first-order valence-corrected chi connectivity index (χ1v) is 27.6. The lowest BCUT2D eigenvalue weighted by Crippen LogP contribution is -2.61. The molecule has 0 saturated carbocycles. The second-order valence-corrected chi connectivity index (χ2v) is 18.5. The lowest BCUT2D eigenvalue weighted by Gasteiger charge is -2.40. The van der Waals surface area contributed by atoms with Gasteiger partial charge in [0.1, 0.15) is 18.8 Å². The Hall–Kier alpha value is -4.10. The van der Waals surface area contributed by atoms with Gasteiger partial charge >= 0.3 is 23.9 Å². The summed E-state index contributed by atoms with van der Waals surface area (Å²) in [7, 11) is 0. The fourth-order valence-electron chi connectivity index (χ4n) is 7.81. The second kappa shape index (κ2) is 46.9. The van der Waals surface area contributed by atoms with Crippen molar-refractivity contribution < 1.29 is 58.2 Å². The summed E-state index contributed by atoms with van der Waals surface area (Å²) in [6.07, 6.45) is 47.2. The first-order valence-electron chi connectivity index (χ1n) is 27.6. The molecule has 1 rings (SSSR count). The van der Waals surface area contributed by atoms with Crippen LogP contribution in [-0.2, 0) is 42.9 Å². The highest BCUT2D eigenvalue weighted by Crippen LogP contribution is 2.26. The van der Waals surface area contributed by atoms with E-state index in [2.05, 4.69) is 93.7 Å². The Morgan fingerprint density at radius 2 is 0.915 bits per heavy atom. The van der Waals surface area contributed by atoms with Crippen LogP contribution < -0.4 is 0 Å². The van der Waals surface area contributed by atoms with E-state index in [0.717, 1.165) is 96.3 Å². The zero-order chi connectivity index (χ0) is 51.8. The molecule has 1 fully saturated rings. The molecule has 1 aliphatic rings. The van der Waals surface area contributed by atoms with Gasteiger partial charge in [0.25, 0.3) is 0 Å². The predicted molar refractivity (Wildman–Crippen MR) is 284 cm³/mol. The van der Waals surface area contributed by atoms with Crippen molar-refractivity contribution in [2.75, 3.05) is 13.2 Å². The molecular weight excluding hydrogens is 901 g/mol. The molecule has 6 atom stereocenters. The molecule has 0 spiro atoms. The van der Waals surface area contributed by atoms with Gasteiger partial charge in [-0.15, -0.1) is 0 Å². The Kier molecular flexibility index (Phi) is 42.9. The fourth-order valence-corrected chi connectivity index (χ4v) is 7.81. The highest BCUT2D eigenvalue weighted by molar-refractivity contribution is 5.74. The van der Waals surface area contributed by atoms with E-state index in [1.54, 1.807) is 0 Å². The van der Waals surface area contributed by atoms with E-state index < -0.39 is 67.3 Å². The van der Waals surface area contributed by atoms with Crippen LogP contribution in [0.15, 0.2) is 85.1 Å². The molecule has 0 amide bonds. The van der Waals surface area contributed by atoms with Crippen molar-refractivity contribution in [3.8, 4) is 0 Å². The Morgan fingerprint density at radius 1 is 0.479 bits per heavy atom. The van der Waals surface area contributed by atoms with Crippen LogP contribution in [0.2, 0.25) is 0 Å². The summed E-state index contributed by atoms with van der Waals surface area (Å²) in [5.74, 6) is -3.26. The lowest BCUT2D eigenvalue weighted by atomic mass is 9.98. The molecule has 3 N–H and O–H groups in total. The van der Waals surface area contributed by atoms with Crippen LogP contribution >= 0.6 is 0 Å². The minimum absolute atomic E-state index is 0.0355. The summed E-state index contributed by atoms with van der Waals surface area (Å²) in [4.78, 5) is 50.9. The van der Waals surface area contributed by atoms with E-state index >= 15 is 0 Å². The number of rotatable bonds is 45. The third-order valence-corrected chi connectivity index (χ3v) is 12.0. The molecule has 1 heterocycles. The van der Waals surface area contributed by atoms with Crippen molar-refractivity contribution in [1.82, 2.24) is 0 Å². The zero-order valence-corrected chi connectivity index (χ0v) is 44.2. The SMILES string of the molecule is CC/C=C\C/C=C\C/C=C\C/C=C\CCC(=O)OC(COC(=O)CCCCCCC/C=C\C/C=C\C/C=C\CC)COC1OC(C(=O)O)C(O)C(O)C1OC(=O)CCCCCCCCCCCCCCC. The van der Waals surface area contributed by atoms with Crippen molar-refractivity contribution in [3.63, 3.8) is 0 Å². The Balaban J connectivity index is 2.77. The number of aliphatic carboxylic acids is 1. The first-order chi connectivity index (χ1) is 34.6. The maximum absolute atomic E-state index is 13.1. The van der Waals surface area contributed by atoms with Crippen LogP contribution in [0.3, 0.4) is 0 Å². The normalized spacial score (nSPS) is 19.1. The molecule has 0 aliphatic carbocycles. The van der Waals surface area contributed by atoms with Crippen LogP contribution in [0.4, 0.5) is 0 Å². The summed E-state index contributed by atoms with van der Waals surface area (Å²) < 4.78 is 28.2. The molecule has 0 aromatic heterocycles.